The molecule has 0 aliphatic heterocycles. The van der Waals surface area contributed by atoms with Crippen molar-refractivity contribution in [1.82, 2.24) is 10.6 Å². The molecule has 0 aliphatic carbocycles. The summed E-state index contributed by atoms with van der Waals surface area (Å²) in [5.41, 5.74) is 0.684. The maximum Gasteiger partial charge on any atom is 0.234 e. The van der Waals surface area contributed by atoms with Crippen LogP contribution in [0.25, 0.3) is 0 Å². The van der Waals surface area contributed by atoms with Crippen LogP contribution in [0.1, 0.15) is 5.56 Å². The number of carbonyl (C=O) groups excluding carboxylic acids is 1. The second-order valence-electron chi connectivity index (χ2n) is 3.92. The monoisotopic (exact) mass is 270 g/mol. The first kappa shape index (κ1) is 15.4. The van der Waals surface area contributed by atoms with Gasteiger partial charge in [0, 0.05) is 20.2 Å². The summed E-state index contributed by atoms with van der Waals surface area (Å²) in [6.45, 7) is 1.66. The van der Waals surface area contributed by atoms with E-state index in [0.717, 1.165) is 0 Å². The van der Waals surface area contributed by atoms with Crippen molar-refractivity contribution in [2.75, 3.05) is 33.9 Å². The SMILES string of the molecule is COCCNCC(=O)NCc1ccc(OC)c(F)c1. The Morgan fingerprint density at radius 1 is 1.37 bits per heavy atom. The van der Waals surface area contributed by atoms with E-state index in [-0.39, 0.29) is 24.7 Å². The maximum atomic E-state index is 13.4. The highest BCUT2D eigenvalue weighted by molar-refractivity contribution is 5.77. The molecule has 1 aromatic carbocycles. The van der Waals surface area contributed by atoms with E-state index >= 15 is 0 Å². The van der Waals surface area contributed by atoms with E-state index in [0.29, 0.717) is 18.7 Å². The molecule has 0 unspecified atom stereocenters. The molecular weight excluding hydrogens is 251 g/mol. The number of hydrogen-bond donors (Lipinski definition) is 2. The second kappa shape index (κ2) is 8.44. The first-order valence-electron chi connectivity index (χ1n) is 5.96. The largest absolute Gasteiger partial charge is 0.494 e. The number of hydrogen-bond acceptors (Lipinski definition) is 4. The summed E-state index contributed by atoms with van der Waals surface area (Å²) in [5, 5.41) is 5.61. The molecule has 5 nitrogen and oxygen atoms in total. The number of benzene rings is 1. The second-order valence-corrected chi connectivity index (χ2v) is 3.92. The minimum absolute atomic E-state index is 0.146. The predicted molar refractivity (Wildman–Crippen MR) is 69.5 cm³/mol. The standard InChI is InChI=1S/C13H19FN2O3/c1-18-6-5-15-9-13(17)16-8-10-3-4-12(19-2)11(14)7-10/h3-4,7,15H,5-6,8-9H2,1-2H3,(H,16,17). The molecule has 1 aromatic rings. The van der Waals surface area contributed by atoms with Gasteiger partial charge in [0.15, 0.2) is 11.6 Å². The summed E-state index contributed by atoms with van der Waals surface area (Å²) in [6, 6.07) is 4.59. The van der Waals surface area contributed by atoms with Crippen molar-refractivity contribution in [3.63, 3.8) is 0 Å². The molecule has 0 saturated carbocycles. The zero-order valence-corrected chi connectivity index (χ0v) is 11.2. The van der Waals surface area contributed by atoms with Gasteiger partial charge >= 0.3 is 0 Å². The highest BCUT2D eigenvalue weighted by Gasteiger charge is 2.05. The van der Waals surface area contributed by atoms with Crippen LogP contribution in [0, 0.1) is 5.82 Å². The van der Waals surface area contributed by atoms with Crippen molar-refractivity contribution in [2.45, 2.75) is 6.54 Å². The number of carbonyl (C=O) groups is 1. The predicted octanol–water partition coefficient (Wildman–Crippen LogP) is 0.686. The molecule has 1 rings (SSSR count). The fourth-order valence-electron chi connectivity index (χ4n) is 1.46. The maximum absolute atomic E-state index is 13.4. The number of methoxy groups -OCH3 is 2. The number of rotatable bonds is 8. The van der Waals surface area contributed by atoms with E-state index in [1.165, 1.54) is 19.2 Å². The quantitative estimate of drug-likeness (QED) is 0.682. The lowest BCUT2D eigenvalue weighted by atomic mass is 10.2. The third kappa shape index (κ3) is 5.67. The van der Waals surface area contributed by atoms with Crippen LogP contribution in [0.4, 0.5) is 4.39 Å². The Labute approximate surface area is 112 Å². The van der Waals surface area contributed by atoms with Crippen LogP contribution in [0.15, 0.2) is 18.2 Å². The van der Waals surface area contributed by atoms with E-state index < -0.39 is 5.82 Å². The smallest absolute Gasteiger partial charge is 0.234 e. The minimum Gasteiger partial charge on any atom is -0.494 e. The summed E-state index contributed by atoms with van der Waals surface area (Å²) in [7, 11) is 3.01. The number of amides is 1. The molecule has 0 radical (unpaired) electrons. The van der Waals surface area contributed by atoms with Crippen molar-refractivity contribution in [3.05, 3.63) is 29.6 Å². The van der Waals surface area contributed by atoms with Gasteiger partial charge in [-0.15, -0.1) is 0 Å². The summed E-state index contributed by atoms with van der Waals surface area (Å²) >= 11 is 0. The Hall–Kier alpha value is -1.66. The number of halogens is 1. The van der Waals surface area contributed by atoms with Gasteiger partial charge in [0.2, 0.25) is 5.91 Å². The average Bonchev–Trinajstić information content (AvgIpc) is 2.41. The first-order chi connectivity index (χ1) is 9.17. The van der Waals surface area contributed by atoms with Gasteiger partial charge in [0.05, 0.1) is 20.3 Å². The third-order valence-electron chi connectivity index (χ3n) is 2.47. The third-order valence-corrected chi connectivity index (χ3v) is 2.47. The average molecular weight is 270 g/mol. The van der Waals surface area contributed by atoms with Gasteiger partial charge in [-0.2, -0.15) is 0 Å². The van der Waals surface area contributed by atoms with Crippen LogP contribution in [0.3, 0.4) is 0 Å². The molecule has 106 valence electrons. The molecule has 19 heavy (non-hydrogen) atoms. The summed E-state index contributed by atoms with van der Waals surface area (Å²) in [5.74, 6) is -0.392. The first-order valence-corrected chi connectivity index (χ1v) is 5.96. The van der Waals surface area contributed by atoms with Crippen LogP contribution >= 0.6 is 0 Å². The molecule has 1 amide bonds. The highest BCUT2D eigenvalue weighted by Crippen LogP contribution is 2.17. The van der Waals surface area contributed by atoms with E-state index in [4.69, 9.17) is 9.47 Å². The van der Waals surface area contributed by atoms with Crippen molar-refractivity contribution >= 4 is 5.91 Å². The summed E-state index contributed by atoms with van der Waals surface area (Å²) < 4.78 is 23.1. The summed E-state index contributed by atoms with van der Waals surface area (Å²) in [6.07, 6.45) is 0. The van der Waals surface area contributed by atoms with Crippen molar-refractivity contribution in [3.8, 4) is 5.75 Å². The number of ether oxygens (including phenoxy) is 2. The molecule has 0 heterocycles. The van der Waals surface area contributed by atoms with Crippen LogP contribution in [-0.2, 0) is 16.1 Å². The summed E-state index contributed by atoms with van der Waals surface area (Å²) in [4.78, 5) is 11.5. The fraction of sp³-hybridized carbons (Fsp3) is 0.462. The van der Waals surface area contributed by atoms with Gasteiger partial charge in [0.1, 0.15) is 0 Å². The molecule has 0 aliphatic rings. The van der Waals surface area contributed by atoms with E-state index in [2.05, 4.69) is 10.6 Å². The van der Waals surface area contributed by atoms with Crippen molar-refractivity contribution in [2.24, 2.45) is 0 Å². The lowest BCUT2D eigenvalue weighted by Gasteiger charge is -2.08. The fourth-order valence-corrected chi connectivity index (χ4v) is 1.46. The Bertz CT molecular complexity index is 413. The molecule has 6 heteroatoms. The van der Waals surface area contributed by atoms with Crippen LogP contribution in [-0.4, -0.2) is 39.8 Å². The zero-order chi connectivity index (χ0) is 14.1. The molecule has 0 aromatic heterocycles. The van der Waals surface area contributed by atoms with Gasteiger partial charge < -0.3 is 20.1 Å². The van der Waals surface area contributed by atoms with Crippen LogP contribution < -0.4 is 15.4 Å². The van der Waals surface area contributed by atoms with Crippen molar-refractivity contribution < 1.29 is 18.7 Å². The Morgan fingerprint density at radius 2 is 2.16 bits per heavy atom. The Balaban J connectivity index is 2.32. The Morgan fingerprint density at radius 3 is 2.79 bits per heavy atom. The molecule has 2 N–H and O–H groups in total. The Kier molecular flexibility index (Phi) is 6.84. The van der Waals surface area contributed by atoms with Gasteiger partial charge in [-0.05, 0) is 17.7 Å². The van der Waals surface area contributed by atoms with E-state index in [1.807, 2.05) is 0 Å². The minimum atomic E-state index is -0.438. The lowest BCUT2D eigenvalue weighted by molar-refractivity contribution is -0.120. The van der Waals surface area contributed by atoms with Gasteiger partial charge in [-0.1, -0.05) is 6.07 Å². The number of nitrogens with one attached hydrogen (secondary N) is 2. The molecule has 0 spiro atoms. The lowest BCUT2D eigenvalue weighted by Crippen LogP contribution is -2.34. The van der Waals surface area contributed by atoms with E-state index in [1.54, 1.807) is 13.2 Å². The van der Waals surface area contributed by atoms with Crippen LogP contribution in [0.2, 0.25) is 0 Å². The van der Waals surface area contributed by atoms with Gasteiger partial charge in [-0.25, -0.2) is 4.39 Å². The molecule has 0 saturated heterocycles. The molecule has 0 fully saturated rings. The van der Waals surface area contributed by atoms with Gasteiger partial charge in [-0.3, -0.25) is 4.79 Å². The van der Waals surface area contributed by atoms with Gasteiger partial charge in [0.25, 0.3) is 0 Å². The normalized spacial score (nSPS) is 10.3. The highest BCUT2D eigenvalue weighted by atomic mass is 19.1. The van der Waals surface area contributed by atoms with Crippen molar-refractivity contribution in [1.29, 1.82) is 0 Å². The zero-order valence-electron chi connectivity index (χ0n) is 11.2. The van der Waals surface area contributed by atoms with Crippen LogP contribution in [0.5, 0.6) is 5.75 Å². The molecular formula is C13H19FN2O3. The van der Waals surface area contributed by atoms with E-state index in [9.17, 15) is 9.18 Å². The molecule has 0 atom stereocenters. The topological polar surface area (TPSA) is 59.6 Å². The molecule has 0 bridgehead atoms.